The summed E-state index contributed by atoms with van der Waals surface area (Å²) >= 11 is 2.05. The maximum absolute atomic E-state index is 13.6. The van der Waals surface area contributed by atoms with Gasteiger partial charge in [-0.15, -0.1) is 0 Å². The molecule has 3 heterocycles. The van der Waals surface area contributed by atoms with Crippen LogP contribution in [0.1, 0.15) is 45.0 Å². The van der Waals surface area contributed by atoms with Crippen LogP contribution in [0.2, 0.25) is 0 Å². The summed E-state index contributed by atoms with van der Waals surface area (Å²) in [5.41, 5.74) is 3.83. The molecule has 0 spiro atoms. The van der Waals surface area contributed by atoms with Crippen LogP contribution in [0.3, 0.4) is 0 Å². The Hall–Kier alpha value is -5.67. The molecule has 6 aromatic rings. The third-order valence-electron chi connectivity index (χ3n) is 9.26. The highest BCUT2D eigenvalue weighted by Crippen LogP contribution is 2.37. The first-order valence-corrected chi connectivity index (χ1v) is 19.1. The van der Waals surface area contributed by atoms with Gasteiger partial charge in [-0.1, -0.05) is 97.1 Å². The number of hydrogen-bond acceptors (Lipinski definition) is 10. The number of carbonyl (C=O) groups excluding carboxylic acids is 3. The fourth-order valence-corrected chi connectivity index (χ4v) is 7.16. The first kappa shape index (κ1) is 37.6. The third kappa shape index (κ3) is 9.01. The number of likely N-dealkylation sites (N-methyl/N-ethyl adjacent to an activating group) is 1. The zero-order chi connectivity index (χ0) is 38.1. The normalized spacial score (nSPS) is 17.9. The van der Waals surface area contributed by atoms with Crippen molar-refractivity contribution in [2.24, 2.45) is 5.92 Å². The smallest absolute Gasteiger partial charge is 0.338 e. The minimum absolute atomic E-state index is 0.215. The topological polar surface area (TPSA) is 147 Å². The van der Waals surface area contributed by atoms with Gasteiger partial charge in [-0.2, -0.15) is 0 Å². The van der Waals surface area contributed by atoms with Crippen molar-refractivity contribution in [1.29, 1.82) is 0 Å². The molecule has 7 rings (SSSR count). The number of fused-ring (bicyclic) bond motifs is 1. The van der Waals surface area contributed by atoms with Crippen LogP contribution in [0.25, 0.3) is 11.2 Å². The van der Waals surface area contributed by atoms with Crippen LogP contribution in [0.15, 0.2) is 128 Å². The highest BCUT2D eigenvalue weighted by molar-refractivity contribution is 14.1. The van der Waals surface area contributed by atoms with Gasteiger partial charge in [-0.05, 0) is 61.1 Å². The van der Waals surface area contributed by atoms with E-state index in [1.165, 1.54) is 17.5 Å². The molecular weight excluding hydrogens is 811 g/mol. The van der Waals surface area contributed by atoms with Crippen molar-refractivity contribution in [2.45, 2.75) is 44.3 Å². The molecule has 1 amide bonds. The fourth-order valence-electron chi connectivity index (χ4n) is 6.69. The highest BCUT2D eigenvalue weighted by atomic mass is 127. The van der Waals surface area contributed by atoms with E-state index < -0.39 is 42.4 Å². The van der Waals surface area contributed by atoms with Gasteiger partial charge in [0.25, 0.3) is 5.91 Å². The van der Waals surface area contributed by atoms with Crippen molar-refractivity contribution in [2.75, 3.05) is 18.4 Å². The number of anilines is 1. The Bertz CT molecular complexity index is 2180. The van der Waals surface area contributed by atoms with E-state index >= 15 is 0 Å². The van der Waals surface area contributed by atoms with Crippen molar-refractivity contribution in [3.63, 3.8) is 0 Å². The van der Waals surface area contributed by atoms with Gasteiger partial charge >= 0.3 is 11.9 Å². The Kier molecular flexibility index (Phi) is 12.1. The Labute approximate surface area is 331 Å². The fraction of sp³-hybridized carbons (Fsp3) is 0.238. The number of nitrogens with zero attached hydrogens (tertiary/aromatic N) is 4. The summed E-state index contributed by atoms with van der Waals surface area (Å²) in [6.45, 7) is 2.65. The predicted molar refractivity (Wildman–Crippen MR) is 214 cm³/mol. The largest absolute Gasteiger partial charge is 0.451 e. The lowest BCUT2D eigenvalue weighted by molar-refractivity contribution is -0.137. The number of carbonyl (C=O) groups is 3. The average molecular weight is 851 g/mol. The Morgan fingerprint density at radius 1 is 0.764 bits per heavy atom. The standard InChI is InChI=1S/C42H39IN6O6/c1-2-44-38(50)34-33(54-40(51)30-19-11-5-12-20-30)35(55-41(52)31-21-13-6-14-22-31)39(53-34)49-26-46-32-36(47-42(43)48-37(32)49)45-25-29(23-27-15-7-3-8-16-27)24-28-17-9-4-10-18-28/h3-22,26,29,33-35,39H,2,23-25H2,1H3,(H,44,50)(H,45,47,48)/t33-,34+,35-,39-/m1/s1. The summed E-state index contributed by atoms with van der Waals surface area (Å²) in [6.07, 6.45) is -1.91. The minimum Gasteiger partial charge on any atom is -0.451 e. The third-order valence-corrected chi connectivity index (χ3v) is 9.75. The first-order chi connectivity index (χ1) is 26.9. The van der Waals surface area contributed by atoms with Crippen LogP contribution in [0.5, 0.6) is 0 Å². The molecule has 1 aliphatic heterocycles. The summed E-state index contributed by atoms with van der Waals surface area (Å²) in [6, 6.07) is 37.6. The minimum atomic E-state index is -1.33. The van der Waals surface area contributed by atoms with E-state index in [9.17, 15) is 14.4 Å². The zero-order valence-electron chi connectivity index (χ0n) is 30.0. The summed E-state index contributed by atoms with van der Waals surface area (Å²) < 4.78 is 20.5. The molecule has 4 aromatic carbocycles. The molecule has 2 aromatic heterocycles. The van der Waals surface area contributed by atoms with Crippen molar-refractivity contribution in [3.8, 4) is 0 Å². The molecule has 0 radical (unpaired) electrons. The molecule has 0 unspecified atom stereocenters. The SMILES string of the molecule is CCNC(=O)[C@H]1O[C@@H](n2cnc3c(NCC(Cc4ccccc4)Cc4ccccc4)nc(I)nc32)[C@H](OC(=O)c2ccccc2)[C@@H]1OC(=O)c1ccccc1. The quantitative estimate of drug-likeness (QED) is 0.0715. The van der Waals surface area contributed by atoms with Crippen LogP contribution in [-0.2, 0) is 31.8 Å². The van der Waals surface area contributed by atoms with E-state index in [-0.39, 0.29) is 17.0 Å². The molecule has 0 saturated carbocycles. The molecule has 1 fully saturated rings. The van der Waals surface area contributed by atoms with E-state index in [0.29, 0.717) is 33.9 Å². The van der Waals surface area contributed by atoms with Crippen LogP contribution in [-0.4, -0.2) is 68.8 Å². The second-order valence-electron chi connectivity index (χ2n) is 13.1. The molecule has 12 nitrogen and oxygen atoms in total. The number of benzene rings is 4. The Morgan fingerprint density at radius 3 is 1.84 bits per heavy atom. The monoisotopic (exact) mass is 850 g/mol. The van der Waals surface area contributed by atoms with E-state index in [4.69, 9.17) is 29.2 Å². The molecule has 280 valence electrons. The van der Waals surface area contributed by atoms with Crippen molar-refractivity contribution >= 4 is 57.4 Å². The number of hydrogen-bond donors (Lipinski definition) is 2. The molecule has 55 heavy (non-hydrogen) atoms. The van der Waals surface area contributed by atoms with E-state index in [2.05, 4.69) is 34.9 Å². The summed E-state index contributed by atoms with van der Waals surface area (Å²) in [5, 5.41) is 6.31. The van der Waals surface area contributed by atoms with Gasteiger partial charge in [0.15, 0.2) is 45.4 Å². The van der Waals surface area contributed by atoms with E-state index in [1.54, 1.807) is 72.2 Å². The average Bonchev–Trinajstić information content (AvgIpc) is 3.79. The second kappa shape index (κ2) is 17.6. The van der Waals surface area contributed by atoms with Gasteiger partial charge in [0.1, 0.15) is 0 Å². The van der Waals surface area contributed by atoms with Gasteiger partial charge in [-0.3, -0.25) is 9.36 Å². The van der Waals surface area contributed by atoms with Gasteiger partial charge in [0.05, 0.1) is 17.5 Å². The van der Waals surface area contributed by atoms with Crippen LogP contribution in [0, 0.1) is 9.75 Å². The number of ether oxygens (including phenoxy) is 3. The number of esters is 2. The van der Waals surface area contributed by atoms with Gasteiger partial charge in [-0.25, -0.2) is 24.5 Å². The lowest BCUT2D eigenvalue weighted by Gasteiger charge is -2.24. The Morgan fingerprint density at radius 2 is 1.29 bits per heavy atom. The van der Waals surface area contributed by atoms with Gasteiger partial charge in [0, 0.05) is 35.7 Å². The van der Waals surface area contributed by atoms with Crippen molar-refractivity contribution in [3.05, 3.63) is 154 Å². The Balaban J connectivity index is 1.23. The number of nitrogens with one attached hydrogen (secondary N) is 2. The molecule has 1 aliphatic rings. The molecule has 4 atom stereocenters. The highest BCUT2D eigenvalue weighted by Gasteiger charge is 2.54. The number of rotatable bonds is 14. The van der Waals surface area contributed by atoms with Crippen molar-refractivity contribution < 1.29 is 28.6 Å². The molecule has 0 aliphatic carbocycles. The lowest BCUT2D eigenvalue weighted by atomic mass is 9.92. The summed E-state index contributed by atoms with van der Waals surface area (Å²) in [7, 11) is 0. The van der Waals surface area contributed by atoms with Crippen LogP contribution >= 0.6 is 22.6 Å². The van der Waals surface area contributed by atoms with Crippen LogP contribution in [0.4, 0.5) is 5.82 Å². The van der Waals surface area contributed by atoms with Crippen molar-refractivity contribution in [1.82, 2.24) is 24.8 Å². The first-order valence-electron chi connectivity index (χ1n) is 18.0. The number of halogens is 1. The zero-order valence-corrected chi connectivity index (χ0v) is 32.1. The summed E-state index contributed by atoms with van der Waals surface area (Å²) in [4.78, 5) is 54.8. The number of amides is 1. The van der Waals surface area contributed by atoms with Gasteiger partial charge < -0.3 is 24.8 Å². The maximum Gasteiger partial charge on any atom is 0.338 e. The van der Waals surface area contributed by atoms with E-state index in [0.717, 1.165) is 12.8 Å². The molecule has 1 saturated heterocycles. The number of imidazole rings is 1. The molecule has 13 heteroatoms. The van der Waals surface area contributed by atoms with Crippen LogP contribution < -0.4 is 10.6 Å². The molecular formula is C42H39IN6O6. The predicted octanol–water partition coefficient (Wildman–Crippen LogP) is 6.43. The lowest BCUT2D eigenvalue weighted by Crippen LogP contribution is -2.46. The van der Waals surface area contributed by atoms with Gasteiger partial charge in [0.2, 0.25) is 0 Å². The molecule has 0 bridgehead atoms. The number of aromatic nitrogens is 4. The summed E-state index contributed by atoms with van der Waals surface area (Å²) in [5.74, 6) is -1.19. The maximum atomic E-state index is 13.6. The van der Waals surface area contributed by atoms with E-state index in [1.807, 2.05) is 59.0 Å². The molecule has 2 N–H and O–H groups in total. The second-order valence-corrected chi connectivity index (χ2v) is 14.1.